The van der Waals surface area contributed by atoms with Crippen molar-refractivity contribution in [2.75, 3.05) is 13.1 Å². The molecule has 1 fully saturated rings. The van der Waals surface area contributed by atoms with Crippen molar-refractivity contribution in [1.82, 2.24) is 9.21 Å². The molecule has 2 amide bonds. The lowest BCUT2D eigenvalue weighted by Crippen LogP contribution is -2.44. The molecule has 1 saturated heterocycles. The van der Waals surface area contributed by atoms with Crippen molar-refractivity contribution in [1.29, 1.82) is 0 Å². The zero-order valence-electron chi connectivity index (χ0n) is 15.4. The van der Waals surface area contributed by atoms with Crippen LogP contribution in [-0.4, -0.2) is 41.7 Å². The molecule has 0 atom stereocenters. The summed E-state index contributed by atoms with van der Waals surface area (Å²) in [6.07, 6.45) is 1.67. The Balaban J connectivity index is 1.95. The van der Waals surface area contributed by atoms with Crippen molar-refractivity contribution in [3.8, 4) is 0 Å². The summed E-state index contributed by atoms with van der Waals surface area (Å²) in [5.41, 5.74) is 1.31. The van der Waals surface area contributed by atoms with Gasteiger partial charge in [-0.25, -0.2) is 17.5 Å². The maximum absolute atomic E-state index is 13.2. The van der Waals surface area contributed by atoms with E-state index in [9.17, 15) is 23.3 Å². The second kappa shape index (κ2) is 7.97. The van der Waals surface area contributed by atoms with Crippen LogP contribution in [0.1, 0.15) is 24.0 Å². The highest BCUT2D eigenvalue weighted by molar-refractivity contribution is 7.89. The van der Waals surface area contributed by atoms with E-state index in [-0.39, 0.29) is 17.1 Å². The van der Waals surface area contributed by atoms with Crippen LogP contribution in [0.25, 0.3) is 0 Å². The van der Waals surface area contributed by atoms with E-state index in [4.69, 9.17) is 0 Å². The number of sulfonamides is 1. The molecular formula is C19H21N3O5S. The van der Waals surface area contributed by atoms with Gasteiger partial charge >= 0.3 is 6.03 Å². The van der Waals surface area contributed by atoms with Crippen LogP contribution >= 0.6 is 0 Å². The van der Waals surface area contributed by atoms with Crippen molar-refractivity contribution >= 4 is 21.7 Å². The molecule has 1 aliphatic rings. The summed E-state index contributed by atoms with van der Waals surface area (Å²) < 4.78 is 27.2. The average molecular weight is 403 g/mol. The molecule has 0 bridgehead atoms. The molecule has 0 unspecified atom stereocenters. The lowest BCUT2D eigenvalue weighted by molar-refractivity contribution is -0.384. The predicted octanol–water partition coefficient (Wildman–Crippen LogP) is 3.31. The standard InChI is InChI=1S/C19H21N3O5S/c1-15-4-10-18(11-5-15)28(26,27)21(19(23)20-12-2-3-13-20)14-16-6-8-17(9-7-16)22(24)25/h4-11H,2-3,12-14H2,1H3. The summed E-state index contributed by atoms with van der Waals surface area (Å²) in [7, 11) is -4.07. The van der Waals surface area contributed by atoms with Gasteiger partial charge in [0.2, 0.25) is 0 Å². The van der Waals surface area contributed by atoms with Crippen LogP contribution in [0.5, 0.6) is 0 Å². The van der Waals surface area contributed by atoms with Crippen LogP contribution in [-0.2, 0) is 16.6 Å². The van der Waals surface area contributed by atoms with Crippen LogP contribution < -0.4 is 0 Å². The molecule has 0 N–H and O–H groups in total. The van der Waals surface area contributed by atoms with Gasteiger partial charge in [0.15, 0.2) is 0 Å². The number of hydrogen-bond acceptors (Lipinski definition) is 5. The van der Waals surface area contributed by atoms with Gasteiger partial charge in [-0.2, -0.15) is 0 Å². The first-order valence-corrected chi connectivity index (χ1v) is 10.3. The number of carbonyl (C=O) groups excluding carboxylic acids is 1. The second-order valence-electron chi connectivity index (χ2n) is 6.73. The zero-order valence-corrected chi connectivity index (χ0v) is 16.3. The van der Waals surface area contributed by atoms with Crippen molar-refractivity contribution in [3.05, 3.63) is 69.8 Å². The Kier molecular flexibility index (Phi) is 5.64. The number of carbonyl (C=O) groups is 1. The van der Waals surface area contributed by atoms with Crippen LogP contribution in [0.2, 0.25) is 0 Å². The summed E-state index contributed by atoms with van der Waals surface area (Å²) in [5, 5.41) is 10.8. The number of rotatable bonds is 5. The smallest absolute Gasteiger partial charge is 0.324 e. The molecule has 1 heterocycles. The highest BCUT2D eigenvalue weighted by Crippen LogP contribution is 2.23. The largest absolute Gasteiger partial charge is 0.334 e. The van der Waals surface area contributed by atoms with E-state index in [1.807, 2.05) is 6.92 Å². The number of non-ortho nitro benzene ring substituents is 1. The Labute approximate surface area is 163 Å². The van der Waals surface area contributed by atoms with Crippen molar-refractivity contribution in [2.24, 2.45) is 0 Å². The normalized spacial score (nSPS) is 14.1. The fraction of sp³-hybridized carbons (Fsp3) is 0.316. The third kappa shape index (κ3) is 4.14. The average Bonchev–Trinajstić information content (AvgIpc) is 3.21. The molecule has 28 heavy (non-hydrogen) atoms. The summed E-state index contributed by atoms with van der Waals surface area (Å²) in [6, 6.07) is 11.3. The van der Waals surface area contributed by atoms with Gasteiger partial charge in [0, 0.05) is 25.2 Å². The van der Waals surface area contributed by atoms with E-state index in [1.165, 1.54) is 41.3 Å². The zero-order chi connectivity index (χ0) is 20.3. The van der Waals surface area contributed by atoms with Crippen molar-refractivity contribution in [3.63, 3.8) is 0 Å². The first-order valence-electron chi connectivity index (χ1n) is 8.91. The Bertz CT molecular complexity index is 966. The number of nitro groups is 1. The number of benzene rings is 2. The van der Waals surface area contributed by atoms with Gasteiger partial charge in [0.05, 0.1) is 16.4 Å². The monoisotopic (exact) mass is 403 g/mol. The first-order chi connectivity index (χ1) is 13.3. The Morgan fingerprint density at radius 1 is 1.07 bits per heavy atom. The molecule has 0 saturated carbocycles. The van der Waals surface area contributed by atoms with Crippen LogP contribution in [0, 0.1) is 17.0 Å². The summed E-state index contributed by atoms with van der Waals surface area (Å²) in [5.74, 6) is 0. The van der Waals surface area contributed by atoms with Crippen LogP contribution in [0.3, 0.4) is 0 Å². The van der Waals surface area contributed by atoms with Crippen LogP contribution in [0.4, 0.5) is 10.5 Å². The van der Waals surface area contributed by atoms with E-state index in [0.717, 1.165) is 22.7 Å². The number of nitro benzene ring substituents is 1. The third-order valence-corrected chi connectivity index (χ3v) is 6.41. The van der Waals surface area contributed by atoms with Gasteiger partial charge in [0.1, 0.15) is 0 Å². The predicted molar refractivity (Wildman–Crippen MR) is 103 cm³/mol. The molecule has 0 aliphatic carbocycles. The fourth-order valence-corrected chi connectivity index (χ4v) is 4.42. The lowest BCUT2D eigenvalue weighted by atomic mass is 10.2. The summed E-state index contributed by atoms with van der Waals surface area (Å²) in [6.45, 7) is 2.68. The molecule has 8 nitrogen and oxygen atoms in total. The minimum Gasteiger partial charge on any atom is -0.324 e. The number of aryl methyl sites for hydroxylation is 1. The Hall–Kier alpha value is -2.94. The second-order valence-corrected chi connectivity index (χ2v) is 8.59. The number of urea groups is 1. The van der Waals surface area contributed by atoms with Gasteiger partial charge in [-0.1, -0.05) is 29.8 Å². The van der Waals surface area contributed by atoms with Crippen LogP contribution in [0.15, 0.2) is 53.4 Å². The first kappa shape index (κ1) is 19.8. The molecule has 0 aromatic heterocycles. The molecule has 3 rings (SSSR count). The van der Waals surface area contributed by atoms with Gasteiger partial charge in [-0.15, -0.1) is 0 Å². The minimum atomic E-state index is -4.07. The number of likely N-dealkylation sites (tertiary alicyclic amines) is 1. The molecule has 0 radical (unpaired) electrons. The Morgan fingerprint density at radius 2 is 1.64 bits per heavy atom. The molecule has 9 heteroatoms. The molecule has 0 spiro atoms. The molecule has 148 valence electrons. The molecular weight excluding hydrogens is 382 g/mol. The van der Waals surface area contributed by atoms with E-state index in [0.29, 0.717) is 18.7 Å². The third-order valence-electron chi connectivity index (χ3n) is 4.67. The van der Waals surface area contributed by atoms with E-state index in [1.54, 1.807) is 12.1 Å². The number of amides is 2. The molecule has 1 aliphatic heterocycles. The lowest BCUT2D eigenvalue weighted by Gasteiger charge is -2.27. The van der Waals surface area contributed by atoms with Crippen molar-refractivity contribution < 1.29 is 18.1 Å². The summed E-state index contributed by atoms with van der Waals surface area (Å²) >= 11 is 0. The van der Waals surface area contributed by atoms with E-state index in [2.05, 4.69) is 0 Å². The van der Waals surface area contributed by atoms with Gasteiger partial charge in [0.25, 0.3) is 15.7 Å². The maximum Gasteiger partial charge on any atom is 0.334 e. The SMILES string of the molecule is Cc1ccc(S(=O)(=O)N(Cc2ccc([N+](=O)[O-])cc2)C(=O)N2CCCC2)cc1. The fourth-order valence-electron chi connectivity index (χ4n) is 3.05. The van der Waals surface area contributed by atoms with Crippen molar-refractivity contribution in [2.45, 2.75) is 31.2 Å². The highest BCUT2D eigenvalue weighted by Gasteiger charge is 2.33. The quantitative estimate of drug-likeness (QED) is 0.563. The minimum absolute atomic E-state index is 0.0348. The Morgan fingerprint density at radius 3 is 2.18 bits per heavy atom. The number of nitrogens with zero attached hydrogens (tertiary/aromatic N) is 3. The number of hydrogen-bond donors (Lipinski definition) is 0. The van der Waals surface area contributed by atoms with E-state index < -0.39 is 21.0 Å². The summed E-state index contributed by atoms with van der Waals surface area (Å²) in [4.78, 5) is 24.8. The highest BCUT2D eigenvalue weighted by atomic mass is 32.2. The molecule has 2 aromatic carbocycles. The topological polar surface area (TPSA) is 101 Å². The molecule has 2 aromatic rings. The van der Waals surface area contributed by atoms with E-state index >= 15 is 0 Å². The van der Waals surface area contributed by atoms with Gasteiger partial charge in [-0.05, 0) is 37.5 Å². The van der Waals surface area contributed by atoms with Gasteiger partial charge < -0.3 is 4.90 Å². The maximum atomic E-state index is 13.2. The van der Waals surface area contributed by atoms with Gasteiger partial charge in [-0.3, -0.25) is 10.1 Å².